The number of hydrogen-bond donors (Lipinski definition) is 2. The molecule has 0 spiro atoms. The lowest BCUT2D eigenvalue weighted by Gasteiger charge is -2.31. The van der Waals surface area contributed by atoms with Crippen molar-refractivity contribution in [2.24, 2.45) is 0 Å². The monoisotopic (exact) mass is 280 g/mol. The number of hydrogen-bond acceptors (Lipinski definition) is 2. The summed E-state index contributed by atoms with van der Waals surface area (Å²) < 4.78 is 13.4. The zero-order valence-electron chi connectivity index (χ0n) is 11.2. The van der Waals surface area contributed by atoms with Crippen LogP contribution >= 0.6 is 0 Å². The summed E-state index contributed by atoms with van der Waals surface area (Å²) in [6.45, 7) is 1.97. The van der Waals surface area contributed by atoms with E-state index in [9.17, 15) is 19.1 Å². The van der Waals surface area contributed by atoms with Gasteiger partial charge in [-0.15, -0.1) is 0 Å². The number of carboxylic acid groups (broad SMARTS) is 1. The highest BCUT2D eigenvalue weighted by atomic mass is 19.1. The Labute approximate surface area is 116 Å². The number of carbonyl (C=O) groups excluding carboxylic acids is 1. The van der Waals surface area contributed by atoms with Crippen molar-refractivity contribution < 1.29 is 19.1 Å². The van der Waals surface area contributed by atoms with E-state index < -0.39 is 23.4 Å². The van der Waals surface area contributed by atoms with Gasteiger partial charge in [-0.1, -0.05) is 18.2 Å². The molecule has 0 radical (unpaired) electrons. The average Bonchev–Trinajstić information content (AvgIpc) is 2.81. The van der Waals surface area contributed by atoms with Gasteiger partial charge in [0.15, 0.2) is 0 Å². The molecule has 2 rings (SSSR count). The number of likely N-dealkylation sites (tertiary alicyclic amines) is 1. The highest BCUT2D eigenvalue weighted by molar-refractivity contribution is 5.86. The van der Waals surface area contributed by atoms with Crippen molar-refractivity contribution in [1.29, 1.82) is 0 Å². The largest absolute Gasteiger partial charge is 0.480 e. The van der Waals surface area contributed by atoms with E-state index in [1.54, 1.807) is 18.2 Å². The third kappa shape index (κ3) is 2.59. The van der Waals surface area contributed by atoms with Crippen molar-refractivity contribution in [3.63, 3.8) is 0 Å². The van der Waals surface area contributed by atoms with Crippen LogP contribution in [0.3, 0.4) is 0 Å². The number of carboxylic acids is 1. The van der Waals surface area contributed by atoms with Crippen LogP contribution in [0.15, 0.2) is 24.3 Å². The molecule has 1 unspecified atom stereocenters. The number of rotatable bonds is 3. The number of amides is 2. The van der Waals surface area contributed by atoms with Crippen LogP contribution in [0.25, 0.3) is 0 Å². The number of nitrogens with zero attached hydrogens (tertiary/aromatic N) is 1. The van der Waals surface area contributed by atoms with E-state index in [2.05, 4.69) is 5.32 Å². The first-order valence-corrected chi connectivity index (χ1v) is 6.47. The molecule has 1 saturated heterocycles. The quantitative estimate of drug-likeness (QED) is 0.889. The molecule has 0 aromatic heterocycles. The van der Waals surface area contributed by atoms with Crippen LogP contribution in [0.4, 0.5) is 9.18 Å². The maximum atomic E-state index is 13.4. The van der Waals surface area contributed by atoms with Gasteiger partial charge in [0.05, 0.1) is 0 Å². The van der Waals surface area contributed by atoms with Gasteiger partial charge in [-0.05, 0) is 25.8 Å². The summed E-state index contributed by atoms with van der Waals surface area (Å²) in [7, 11) is 0. The molecule has 1 fully saturated rings. The van der Waals surface area contributed by atoms with E-state index in [-0.39, 0.29) is 6.54 Å². The second-order valence-electron chi connectivity index (χ2n) is 5.08. The third-order valence-electron chi connectivity index (χ3n) is 3.73. The predicted octanol–water partition coefficient (Wildman–Crippen LogP) is 1.97. The fraction of sp³-hybridized carbons (Fsp3) is 0.429. The first-order chi connectivity index (χ1) is 9.45. The number of urea groups is 1. The maximum absolute atomic E-state index is 13.4. The van der Waals surface area contributed by atoms with Crippen molar-refractivity contribution in [3.05, 3.63) is 35.6 Å². The van der Waals surface area contributed by atoms with E-state index in [4.69, 9.17) is 0 Å². The van der Waals surface area contributed by atoms with Gasteiger partial charge in [-0.3, -0.25) is 0 Å². The molecule has 20 heavy (non-hydrogen) atoms. The molecule has 108 valence electrons. The maximum Gasteiger partial charge on any atom is 0.329 e. The number of benzene rings is 1. The van der Waals surface area contributed by atoms with E-state index in [0.717, 1.165) is 0 Å². The molecule has 1 aliphatic heterocycles. The van der Waals surface area contributed by atoms with Gasteiger partial charge in [0.1, 0.15) is 11.4 Å². The molecule has 1 atom stereocenters. The Kier molecular flexibility index (Phi) is 3.92. The summed E-state index contributed by atoms with van der Waals surface area (Å²) in [5, 5.41) is 11.8. The molecule has 5 nitrogen and oxygen atoms in total. The normalized spacial score (nSPS) is 21.8. The fourth-order valence-corrected chi connectivity index (χ4v) is 2.42. The Balaban J connectivity index is 2.02. The lowest BCUT2D eigenvalue weighted by atomic mass is 10.00. The third-order valence-corrected chi connectivity index (χ3v) is 3.73. The van der Waals surface area contributed by atoms with Crippen molar-refractivity contribution in [3.8, 4) is 0 Å². The Hall–Kier alpha value is -2.11. The Morgan fingerprint density at radius 2 is 2.15 bits per heavy atom. The van der Waals surface area contributed by atoms with Crippen LogP contribution in [0.5, 0.6) is 0 Å². The van der Waals surface area contributed by atoms with Crippen LogP contribution in [0.1, 0.15) is 25.3 Å². The van der Waals surface area contributed by atoms with Crippen LogP contribution in [-0.2, 0) is 11.3 Å². The van der Waals surface area contributed by atoms with Crippen molar-refractivity contribution >= 4 is 12.0 Å². The van der Waals surface area contributed by atoms with E-state index in [1.165, 1.54) is 17.9 Å². The molecular weight excluding hydrogens is 263 g/mol. The van der Waals surface area contributed by atoms with Gasteiger partial charge in [-0.2, -0.15) is 0 Å². The fourth-order valence-electron chi connectivity index (χ4n) is 2.42. The highest BCUT2D eigenvalue weighted by Gasteiger charge is 2.45. The Morgan fingerprint density at radius 3 is 2.80 bits per heavy atom. The number of carbonyl (C=O) groups is 2. The number of aliphatic carboxylic acids is 1. The van der Waals surface area contributed by atoms with Crippen molar-refractivity contribution in [2.75, 3.05) is 6.54 Å². The molecule has 2 N–H and O–H groups in total. The minimum atomic E-state index is -1.18. The zero-order chi connectivity index (χ0) is 14.8. The minimum absolute atomic E-state index is 0.0394. The van der Waals surface area contributed by atoms with Gasteiger partial charge in [0.2, 0.25) is 0 Å². The van der Waals surface area contributed by atoms with Gasteiger partial charge < -0.3 is 15.3 Å². The molecule has 1 aromatic rings. The van der Waals surface area contributed by atoms with Crippen molar-refractivity contribution in [2.45, 2.75) is 31.8 Å². The number of nitrogens with one attached hydrogen (secondary N) is 1. The topological polar surface area (TPSA) is 69.6 Å². The standard InChI is InChI=1S/C14H17FN2O3/c1-14(12(18)19)7-4-8-17(14)13(20)16-9-10-5-2-3-6-11(10)15/h2-3,5-6H,4,7-9H2,1H3,(H,16,20)(H,18,19). The van der Waals surface area contributed by atoms with E-state index in [1.807, 2.05) is 0 Å². The summed E-state index contributed by atoms with van der Waals surface area (Å²) in [5.41, 5.74) is -0.809. The Morgan fingerprint density at radius 1 is 1.45 bits per heavy atom. The predicted molar refractivity (Wildman–Crippen MR) is 70.6 cm³/mol. The first kappa shape index (κ1) is 14.3. The summed E-state index contributed by atoms with van der Waals surface area (Å²) in [5.74, 6) is -1.41. The molecule has 1 aromatic carbocycles. The van der Waals surface area contributed by atoms with E-state index in [0.29, 0.717) is 24.9 Å². The molecule has 6 heteroatoms. The lowest BCUT2D eigenvalue weighted by molar-refractivity contribution is -0.147. The molecule has 2 amide bonds. The summed E-state index contributed by atoms with van der Waals surface area (Å²) in [4.78, 5) is 24.7. The number of halogens is 1. The minimum Gasteiger partial charge on any atom is -0.480 e. The second-order valence-corrected chi connectivity index (χ2v) is 5.08. The second kappa shape index (κ2) is 5.48. The van der Waals surface area contributed by atoms with Gasteiger partial charge in [0, 0.05) is 18.7 Å². The van der Waals surface area contributed by atoms with Crippen molar-refractivity contribution in [1.82, 2.24) is 10.2 Å². The summed E-state index contributed by atoms with van der Waals surface area (Å²) in [6.07, 6.45) is 1.07. The molecule has 1 aliphatic rings. The summed E-state index contributed by atoms with van der Waals surface area (Å²) in [6, 6.07) is 5.68. The molecular formula is C14H17FN2O3. The van der Waals surface area contributed by atoms with Crippen LogP contribution in [0, 0.1) is 5.82 Å². The SMILES string of the molecule is CC1(C(=O)O)CCCN1C(=O)NCc1ccccc1F. The van der Waals surface area contributed by atoms with Crippen LogP contribution < -0.4 is 5.32 Å². The Bertz CT molecular complexity index is 535. The van der Waals surface area contributed by atoms with E-state index >= 15 is 0 Å². The van der Waals surface area contributed by atoms with Gasteiger partial charge in [0.25, 0.3) is 0 Å². The molecule has 1 heterocycles. The molecule has 0 saturated carbocycles. The zero-order valence-corrected chi connectivity index (χ0v) is 11.2. The van der Waals surface area contributed by atoms with Crippen LogP contribution in [0.2, 0.25) is 0 Å². The highest BCUT2D eigenvalue weighted by Crippen LogP contribution is 2.29. The van der Waals surface area contributed by atoms with Gasteiger partial charge in [-0.25, -0.2) is 14.0 Å². The molecule has 0 bridgehead atoms. The van der Waals surface area contributed by atoms with Crippen LogP contribution in [-0.4, -0.2) is 34.1 Å². The average molecular weight is 280 g/mol. The molecule has 0 aliphatic carbocycles. The first-order valence-electron chi connectivity index (χ1n) is 6.47. The summed E-state index contributed by atoms with van der Waals surface area (Å²) >= 11 is 0. The van der Waals surface area contributed by atoms with Gasteiger partial charge >= 0.3 is 12.0 Å². The smallest absolute Gasteiger partial charge is 0.329 e. The lowest BCUT2D eigenvalue weighted by Crippen LogP contribution is -2.53.